The Hall–Kier alpha value is -0.180. The topological polar surface area (TPSA) is 20.3 Å². The number of hydrogen-bond donors (Lipinski definition) is 0. The van der Waals surface area contributed by atoms with Gasteiger partial charge in [-0.3, -0.25) is 4.79 Å². The van der Waals surface area contributed by atoms with E-state index in [1.54, 1.807) is 0 Å². The third-order valence-electron chi connectivity index (χ3n) is 1.53. The Kier molecular flexibility index (Phi) is 5.38. The average Bonchev–Trinajstić information content (AvgIpc) is 1.88. The van der Waals surface area contributed by atoms with Crippen LogP contribution in [0.15, 0.2) is 0 Å². The van der Waals surface area contributed by atoms with Crippen LogP contribution in [-0.4, -0.2) is 42.2 Å². The molecule has 0 N–H and O–H groups in total. The van der Waals surface area contributed by atoms with Crippen molar-refractivity contribution in [3.63, 3.8) is 0 Å². The molecule has 0 aliphatic rings. The molecule has 0 aliphatic carbocycles. The smallest absolute Gasteiger partial charge is 0.272 e. The molecule has 0 aromatic carbocycles. The molecule has 0 aliphatic heterocycles. The maximum Gasteiger partial charge on any atom is 0.272 e. The maximum atomic E-state index is 11.3. The predicted octanol–water partition coefficient (Wildman–Crippen LogP) is 0.733. The van der Waals surface area contributed by atoms with Crippen molar-refractivity contribution in [2.45, 2.75) is 13.8 Å². The first kappa shape index (κ1) is 10.8. The molecule has 0 spiro atoms. The summed E-state index contributed by atoms with van der Waals surface area (Å²) >= 11 is 0. The van der Waals surface area contributed by atoms with Gasteiger partial charge in [-0.15, -0.1) is 0 Å². The van der Waals surface area contributed by atoms with Crippen molar-refractivity contribution in [3.05, 3.63) is 0 Å². The highest BCUT2D eigenvalue weighted by Crippen LogP contribution is 1.93. The monoisotopic (exact) mass is 176 g/mol. The van der Waals surface area contributed by atoms with E-state index in [2.05, 4.69) is 12.5 Å². The molecule has 0 rings (SSSR count). The molecule has 0 aromatic heterocycles. The van der Waals surface area contributed by atoms with Crippen molar-refractivity contribution in [2.24, 2.45) is 0 Å². The third kappa shape index (κ3) is 4.30. The van der Waals surface area contributed by atoms with Crippen molar-refractivity contribution >= 4 is 16.8 Å². The summed E-state index contributed by atoms with van der Waals surface area (Å²) < 4.78 is 0. The van der Waals surface area contributed by atoms with Crippen LogP contribution in [0.2, 0.25) is 0 Å². The van der Waals surface area contributed by atoms with Gasteiger partial charge in [-0.2, -0.15) is 0 Å². The van der Waals surface area contributed by atoms with Crippen molar-refractivity contribution in [1.29, 1.82) is 0 Å². The minimum absolute atomic E-state index is 0.239. The molecule has 1 amide bonds. The third-order valence-corrected chi connectivity index (χ3v) is 2.35. The van der Waals surface area contributed by atoms with Gasteiger partial charge in [0.1, 0.15) is 0 Å². The Morgan fingerprint density at radius 3 is 2.00 bits per heavy atom. The lowest BCUT2D eigenvalue weighted by Crippen LogP contribution is -2.34. The predicted molar refractivity (Wildman–Crippen MR) is 52.0 cm³/mol. The molecule has 0 radical (unpaired) electrons. The number of amides is 1. The second-order valence-electron chi connectivity index (χ2n) is 2.70. The van der Waals surface area contributed by atoms with Crippen LogP contribution in [0.4, 0.5) is 0 Å². The van der Waals surface area contributed by atoms with Gasteiger partial charge >= 0.3 is 0 Å². The van der Waals surface area contributed by atoms with E-state index in [-0.39, 0.29) is 10.9 Å². The number of carbonyl (C=O) groups is 1. The minimum atomic E-state index is 0.239. The largest absolute Gasteiger partial charge is 0.339 e. The van der Waals surface area contributed by atoms with Crippen LogP contribution in [-0.2, 0) is 15.7 Å². The summed E-state index contributed by atoms with van der Waals surface area (Å²) in [4.78, 5) is 13.2. The molecule has 0 aromatic rings. The van der Waals surface area contributed by atoms with Crippen molar-refractivity contribution in [1.82, 2.24) is 4.90 Å². The molecule has 0 heterocycles. The molecule has 3 heteroatoms. The Balaban J connectivity index is 3.79. The van der Waals surface area contributed by atoms with E-state index in [1.807, 2.05) is 18.7 Å². The molecule has 2 nitrogen and oxygen atoms in total. The SMILES string of the molecule is CCN(CC)C(=O)C[S+](C)C. The Bertz CT molecular complexity index is 121. The molecule has 0 saturated heterocycles. The zero-order valence-electron chi connectivity index (χ0n) is 7.89. The summed E-state index contributed by atoms with van der Waals surface area (Å²) in [5.74, 6) is 1.00. The van der Waals surface area contributed by atoms with Gasteiger partial charge in [-0.25, -0.2) is 0 Å². The van der Waals surface area contributed by atoms with Crippen molar-refractivity contribution in [2.75, 3.05) is 31.4 Å². The van der Waals surface area contributed by atoms with E-state index in [1.165, 1.54) is 0 Å². The van der Waals surface area contributed by atoms with Gasteiger partial charge in [-0.05, 0) is 24.7 Å². The Morgan fingerprint density at radius 1 is 1.27 bits per heavy atom. The summed E-state index contributed by atoms with van der Waals surface area (Å²) in [5.41, 5.74) is 0. The second kappa shape index (κ2) is 5.47. The van der Waals surface area contributed by atoms with E-state index < -0.39 is 0 Å². The number of rotatable bonds is 4. The summed E-state index contributed by atoms with van der Waals surface area (Å²) in [6.45, 7) is 5.72. The molecule has 11 heavy (non-hydrogen) atoms. The molecule has 0 saturated carbocycles. The van der Waals surface area contributed by atoms with Gasteiger partial charge in [0.2, 0.25) is 0 Å². The van der Waals surface area contributed by atoms with Crippen LogP contribution in [0.25, 0.3) is 0 Å². The van der Waals surface area contributed by atoms with Crippen LogP contribution >= 0.6 is 0 Å². The highest BCUT2D eigenvalue weighted by molar-refractivity contribution is 7.96. The minimum Gasteiger partial charge on any atom is -0.339 e. The average molecular weight is 176 g/mol. The molecule has 0 bridgehead atoms. The zero-order chi connectivity index (χ0) is 8.85. The molecule has 0 fully saturated rings. The van der Waals surface area contributed by atoms with Gasteiger partial charge in [0.25, 0.3) is 5.91 Å². The van der Waals surface area contributed by atoms with Gasteiger partial charge in [-0.1, -0.05) is 0 Å². The number of nitrogens with zero attached hydrogens (tertiary/aromatic N) is 1. The van der Waals surface area contributed by atoms with Crippen LogP contribution in [0.5, 0.6) is 0 Å². The zero-order valence-corrected chi connectivity index (χ0v) is 8.70. The molecular weight excluding hydrogens is 158 g/mol. The summed E-state index contributed by atoms with van der Waals surface area (Å²) in [5, 5.41) is 0. The molecular formula is C8H18NOS+. The lowest BCUT2D eigenvalue weighted by atomic mass is 10.5. The van der Waals surface area contributed by atoms with E-state index in [9.17, 15) is 4.79 Å². The summed E-state index contributed by atoms with van der Waals surface area (Å²) in [6, 6.07) is 0. The van der Waals surface area contributed by atoms with Gasteiger partial charge in [0.05, 0.1) is 12.5 Å². The fourth-order valence-electron chi connectivity index (χ4n) is 0.915. The second-order valence-corrected chi connectivity index (χ2v) is 4.96. The molecule has 0 atom stereocenters. The highest BCUT2D eigenvalue weighted by Gasteiger charge is 2.15. The van der Waals surface area contributed by atoms with Gasteiger partial charge in [0, 0.05) is 13.1 Å². The Labute approximate surface area is 72.3 Å². The van der Waals surface area contributed by atoms with E-state index in [0.29, 0.717) is 11.7 Å². The number of carbonyl (C=O) groups excluding carboxylic acids is 1. The number of hydrogen-bond acceptors (Lipinski definition) is 1. The van der Waals surface area contributed by atoms with E-state index in [0.717, 1.165) is 13.1 Å². The fourth-order valence-corrected chi connectivity index (χ4v) is 1.59. The summed E-state index contributed by atoms with van der Waals surface area (Å²) in [7, 11) is 0.239. The maximum absolute atomic E-state index is 11.3. The van der Waals surface area contributed by atoms with Crippen molar-refractivity contribution in [3.8, 4) is 0 Å². The highest BCUT2D eigenvalue weighted by atomic mass is 32.2. The van der Waals surface area contributed by atoms with Crippen LogP contribution in [0.3, 0.4) is 0 Å². The standard InChI is InChI=1S/C8H18NOS/c1-5-9(6-2)8(10)7-11(3)4/h5-7H2,1-4H3/q+1. The lowest BCUT2D eigenvalue weighted by Gasteiger charge is -2.16. The normalized spacial score (nSPS) is 10.3. The lowest BCUT2D eigenvalue weighted by molar-refractivity contribution is -0.127. The fraction of sp³-hybridized carbons (Fsp3) is 0.875. The molecule has 0 unspecified atom stereocenters. The van der Waals surface area contributed by atoms with Gasteiger partial charge < -0.3 is 4.90 Å². The van der Waals surface area contributed by atoms with Crippen LogP contribution in [0, 0.1) is 0 Å². The molecule has 66 valence electrons. The first-order valence-electron chi connectivity index (χ1n) is 3.93. The van der Waals surface area contributed by atoms with E-state index >= 15 is 0 Å². The quantitative estimate of drug-likeness (QED) is 0.578. The first-order chi connectivity index (χ1) is 5.11. The summed E-state index contributed by atoms with van der Waals surface area (Å²) in [6.07, 6.45) is 4.20. The first-order valence-corrected chi connectivity index (χ1v) is 6.14. The van der Waals surface area contributed by atoms with Gasteiger partial charge in [0.15, 0.2) is 5.75 Å². The van der Waals surface area contributed by atoms with Crippen LogP contribution < -0.4 is 0 Å². The van der Waals surface area contributed by atoms with Crippen LogP contribution in [0.1, 0.15) is 13.8 Å². The van der Waals surface area contributed by atoms with Crippen molar-refractivity contribution < 1.29 is 4.79 Å². The Morgan fingerprint density at radius 2 is 1.73 bits per heavy atom. The van der Waals surface area contributed by atoms with E-state index in [4.69, 9.17) is 0 Å².